The van der Waals surface area contributed by atoms with E-state index in [-0.39, 0.29) is 0 Å². The standard InChI is InChI=1S/C13H25N3S/c1-5-7-8-16(6-2)13-15-10-12(17-13)9-14-11(3)4/h10-11,14H,5-9H2,1-4H3. The van der Waals surface area contributed by atoms with Crippen LogP contribution in [0.1, 0.15) is 45.4 Å². The molecule has 1 heterocycles. The number of hydrogen-bond acceptors (Lipinski definition) is 4. The Morgan fingerprint density at radius 1 is 1.41 bits per heavy atom. The zero-order valence-corrected chi connectivity index (χ0v) is 12.3. The molecule has 0 saturated carbocycles. The molecule has 0 aliphatic heterocycles. The Labute approximate surface area is 109 Å². The molecular formula is C13H25N3S. The summed E-state index contributed by atoms with van der Waals surface area (Å²) in [4.78, 5) is 8.21. The Bertz CT molecular complexity index is 309. The van der Waals surface area contributed by atoms with Crippen LogP contribution in [0.3, 0.4) is 0 Å². The Morgan fingerprint density at radius 3 is 2.76 bits per heavy atom. The van der Waals surface area contributed by atoms with E-state index in [4.69, 9.17) is 0 Å². The van der Waals surface area contributed by atoms with E-state index in [1.807, 2.05) is 17.5 Å². The maximum atomic E-state index is 4.52. The van der Waals surface area contributed by atoms with Crippen molar-refractivity contribution in [2.45, 2.75) is 53.1 Å². The van der Waals surface area contributed by atoms with Crippen molar-refractivity contribution in [2.24, 2.45) is 0 Å². The molecule has 1 rings (SSSR count). The van der Waals surface area contributed by atoms with E-state index in [1.165, 1.54) is 22.9 Å². The lowest BCUT2D eigenvalue weighted by Gasteiger charge is -2.18. The van der Waals surface area contributed by atoms with Gasteiger partial charge >= 0.3 is 0 Å². The van der Waals surface area contributed by atoms with Crippen molar-refractivity contribution in [3.63, 3.8) is 0 Å². The molecule has 0 amide bonds. The summed E-state index contributed by atoms with van der Waals surface area (Å²) in [7, 11) is 0. The maximum absolute atomic E-state index is 4.52. The molecule has 1 N–H and O–H groups in total. The van der Waals surface area contributed by atoms with Crippen LogP contribution < -0.4 is 10.2 Å². The molecule has 98 valence electrons. The van der Waals surface area contributed by atoms with Gasteiger partial charge in [0.25, 0.3) is 0 Å². The number of hydrogen-bond donors (Lipinski definition) is 1. The zero-order chi connectivity index (χ0) is 12.7. The third-order valence-electron chi connectivity index (χ3n) is 2.66. The minimum Gasteiger partial charge on any atom is -0.348 e. The fourth-order valence-corrected chi connectivity index (χ4v) is 2.52. The molecular weight excluding hydrogens is 230 g/mol. The lowest BCUT2D eigenvalue weighted by molar-refractivity contribution is 0.593. The van der Waals surface area contributed by atoms with E-state index < -0.39 is 0 Å². The molecule has 0 unspecified atom stereocenters. The summed E-state index contributed by atoms with van der Waals surface area (Å²) in [5, 5.41) is 4.60. The molecule has 3 nitrogen and oxygen atoms in total. The summed E-state index contributed by atoms with van der Waals surface area (Å²) >= 11 is 1.81. The van der Waals surface area contributed by atoms with Crippen LogP contribution in [-0.2, 0) is 6.54 Å². The average molecular weight is 255 g/mol. The summed E-state index contributed by atoms with van der Waals surface area (Å²) in [6.07, 6.45) is 4.49. The summed E-state index contributed by atoms with van der Waals surface area (Å²) in [6, 6.07) is 0.530. The van der Waals surface area contributed by atoms with Crippen molar-refractivity contribution in [2.75, 3.05) is 18.0 Å². The van der Waals surface area contributed by atoms with Gasteiger partial charge in [-0.1, -0.05) is 27.2 Å². The molecule has 17 heavy (non-hydrogen) atoms. The van der Waals surface area contributed by atoms with Crippen LogP contribution in [-0.4, -0.2) is 24.1 Å². The molecule has 1 aromatic rings. The van der Waals surface area contributed by atoms with Gasteiger partial charge in [0.2, 0.25) is 0 Å². The van der Waals surface area contributed by atoms with Crippen molar-refractivity contribution in [3.05, 3.63) is 11.1 Å². The SMILES string of the molecule is CCCCN(CC)c1ncc(CNC(C)C)s1. The third-order valence-corrected chi connectivity index (χ3v) is 3.72. The van der Waals surface area contributed by atoms with Crippen LogP contribution in [0.2, 0.25) is 0 Å². The predicted octanol–water partition coefficient (Wildman–Crippen LogP) is 3.27. The van der Waals surface area contributed by atoms with Crippen LogP contribution >= 0.6 is 11.3 Å². The van der Waals surface area contributed by atoms with E-state index in [2.05, 4.69) is 42.9 Å². The van der Waals surface area contributed by atoms with Crippen molar-refractivity contribution in [3.8, 4) is 0 Å². The molecule has 0 radical (unpaired) electrons. The first-order valence-corrected chi connectivity index (χ1v) is 7.42. The topological polar surface area (TPSA) is 28.2 Å². The number of anilines is 1. The number of thiazole rings is 1. The molecule has 1 aromatic heterocycles. The zero-order valence-electron chi connectivity index (χ0n) is 11.5. The number of nitrogens with one attached hydrogen (secondary N) is 1. The van der Waals surface area contributed by atoms with Crippen molar-refractivity contribution >= 4 is 16.5 Å². The smallest absolute Gasteiger partial charge is 0.185 e. The highest BCUT2D eigenvalue weighted by atomic mass is 32.1. The minimum absolute atomic E-state index is 0.530. The molecule has 0 atom stereocenters. The number of aromatic nitrogens is 1. The number of nitrogens with zero attached hydrogens (tertiary/aromatic N) is 2. The Hall–Kier alpha value is -0.610. The Balaban J connectivity index is 2.52. The summed E-state index contributed by atoms with van der Waals surface area (Å²) < 4.78 is 0. The molecule has 0 aliphatic carbocycles. The maximum Gasteiger partial charge on any atom is 0.185 e. The van der Waals surface area contributed by atoms with Gasteiger partial charge in [0.15, 0.2) is 5.13 Å². The minimum atomic E-state index is 0.530. The lowest BCUT2D eigenvalue weighted by atomic mass is 10.3. The van der Waals surface area contributed by atoms with Gasteiger partial charge < -0.3 is 10.2 Å². The third kappa shape index (κ3) is 5.04. The average Bonchev–Trinajstić information content (AvgIpc) is 2.76. The molecule has 0 aliphatic rings. The van der Waals surface area contributed by atoms with E-state index in [9.17, 15) is 0 Å². The van der Waals surface area contributed by atoms with E-state index >= 15 is 0 Å². The highest BCUT2D eigenvalue weighted by Gasteiger charge is 2.09. The number of unbranched alkanes of at least 4 members (excludes halogenated alkanes) is 1. The Morgan fingerprint density at radius 2 is 2.18 bits per heavy atom. The van der Waals surface area contributed by atoms with Gasteiger partial charge in [-0.15, -0.1) is 11.3 Å². The van der Waals surface area contributed by atoms with Crippen molar-refractivity contribution in [1.29, 1.82) is 0 Å². The van der Waals surface area contributed by atoms with Gasteiger partial charge in [0.05, 0.1) is 0 Å². The van der Waals surface area contributed by atoms with Crippen molar-refractivity contribution < 1.29 is 0 Å². The second-order valence-electron chi connectivity index (χ2n) is 4.58. The second-order valence-corrected chi connectivity index (χ2v) is 5.67. The molecule has 4 heteroatoms. The lowest BCUT2D eigenvalue weighted by Crippen LogP contribution is -2.23. The Kier molecular flexibility index (Phi) is 6.52. The molecule has 0 spiro atoms. The summed E-state index contributed by atoms with van der Waals surface area (Å²) in [6.45, 7) is 11.9. The fourth-order valence-electron chi connectivity index (χ4n) is 1.57. The molecule has 0 aromatic carbocycles. The highest BCUT2D eigenvalue weighted by molar-refractivity contribution is 7.15. The molecule has 0 fully saturated rings. The van der Waals surface area contributed by atoms with Crippen LogP contribution in [0.15, 0.2) is 6.20 Å². The normalized spacial score (nSPS) is 11.1. The quantitative estimate of drug-likeness (QED) is 0.773. The van der Waals surface area contributed by atoms with Gasteiger partial charge in [-0.05, 0) is 13.3 Å². The number of rotatable bonds is 8. The highest BCUT2D eigenvalue weighted by Crippen LogP contribution is 2.22. The van der Waals surface area contributed by atoms with E-state index in [1.54, 1.807) is 0 Å². The first-order valence-electron chi connectivity index (χ1n) is 6.60. The first-order chi connectivity index (χ1) is 8.17. The monoisotopic (exact) mass is 255 g/mol. The van der Waals surface area contributed by atoms with Gasteiger partial charge in [-0.25, -0.2) is 4.98 Å². The largest absolute Gasteiger partial charge is 0.348 e. The predicted molar refractivity (Wildman–Crippen MR) is 76.9 cm³/mol. The van der Waals surface area contributed by atoms with E-state index in [0.717, 1.165) is 19.6 Å². The fraction of sp³-hybridized carbons (Fsp3) is 0.769. The summed E-state index contributed by atoms with van der Waals surface area (Å²) in [5.41, 5.74) is 0. The van der Waals surface area contributed by atoms with Crippen LogP contribution in [0, 0.1) is 0 Å². The van der Waals surface area contributed by atoms with Gasteiger partial charge in [-0.2, -0.15) is 0 Å². The summed E-state index contributed by atoms with van der Waals surface area (Å²) in [5.74, 6) is 0. The second kappa shape index (κ2) is 7.67. The van der Waals surface area contributed by atoms with Crippen LogP contribution in [0.4, 0.5) is 5.13 Å². The van der Waals surface area contributed by atoms with Crippen LogP contribution in [0.5, 0.6) is 0 Å². The van der Waals surface area contributed by atoms with Crippen molar-refractivity contribution in [1.82, 2.24) is 10.3 Å². The van der Waals surface area contributed by atoms with E-state index in [0.29, 0.717) is 6.04 Å². The molecule has 0 saturated heterocycles. The first kappa shape index (κ1) is 14.5. The van der Waals surface area contributed by atoms with Gasteiger partial charge in [0, 0.05) is 36.8 Å². The van der Waals surface area contributed by atoms with Crippen LogP contribution in [0.25, 0.3) is 0 Å². The van der Waals surface area contributed by atoms with Gasteiger partial charge in [0.1, 0.15) is 0 Å². The van der Waals surface area contributed by atoms with Gasteiger partial charge in [-0.3, -0.25) is 0 Å². The molecule has 0 bridgehead atoms.